The Balaban J connectivity index is 1.24. The van der Waals surface area contributed by atoms with Crippen molar-refractivity contribution in [2.24, 2.45) is 0 Å². The summed E-state index contributed by atoms with van der Waals surface area (Å²) >= 11 is 6.26. The van der Waals surface area contributed by atoms with E-state index in [-0.39, 0.29) is 6.54 Å². The number of nitrogens with one attached hydrogen (secondary N) is 1. The number of amides is 2. The zero-order chi connectivity index (χ0) is 26.2. The van der Waals surface area contributed by atoms with Crippen LogP contribution >= 0.6 is 11.6 Å². The molecule has 7 nitrogen and oxygen atoms in total. The van der Waals surface area contributed by atoms with Crippen molar-refractivity contribution in [2.45, 2.75) is 18.8 Å². The van der Waals surface area contributed by atoms with E-state index in [1.807, 2.05) is 91.0 Å². The van der Waals surface area contributed by atoms with Crippen LogP contribution < -0.4 is 10.2 Å². The number of aliphatic hydroxyl groups excluding tert-OH is 2. The van der Waals surface area contributed by atoms with E-state index in [0.29, 0.717) is 31.2 Å². The van der Waals surface area contributed by atoms with Crippen molar-refractivity contribution in [1.82, 2.24) is 10.2 Å². The van der Waals surface area contributed by atoms with Gasteiger partial charge in [-0.15, -0.1) is 0 Å². The first kappa shape index (κ1) is 26.4. The predicted octanol–water partition coefficient (Wildman–Crippen LogP) is 3.20. The largest absolute Gasteiger partial charge is 0.380 e. The molecule has 1 aliphatic heterocycles. The lowest BCUT2D eigenvalue weighted by Crippen LogP contribution is -2.55. The number of carbonyl (C=O) groups is 2. The summed E-state index contributed by atoms with van der Waals surface area (Å²) in [6.45, 7) is 1.92. The standard InChI is InChI=1S/C29H30ClN3O4/c30-24-8-4-5-9-25(24)32-16-18-33(19-17-32)29(37)27(35)26(34)28(36)31-20-23-14-12-22(13-15-23)11-10-21-6-2-1-3-7-21/h1-15,26-27,34-35H,16-20H2,(H,31,36)/b11-10+/t26-,27-/m1/s1. The molecule has 8 heteroatoms. The molecule has 192 valence electrons. The Hall–Kier alpha value is -3.65. The number of nitrogens with zero attached hydrogens (tertiary/aromatic N) is 2. The third kappa shape index (κ3) is 6.98. The lowest BCUT2D eigenvalue weighted by atomic mass is 10.1. The number of piperazine rings is 1. The van der Waals surface area contributed by atoms with Crippen LogP contribution in [0.5, 0.6) is 0 Å². The van der Waals surface area contributed by atoms with Gasteiger partial charge in [0.15, 0.2) is 12.2 Å². The minimum Gasteiger partial charge on any atom is -0.380 e. The number of carbonyl (C=O) groups excluding carboxylic acids is 2. The molecule has 2 amide bonds. The Kier molecular flexibility index (Phi) is 8.95. The lowest BCUT2D eigenvalue weighted by Gasteiger charge is -2.37. The van der Waals surface area contributed by atoms with Crippen LogP contribution in [0.1, 0.15) is 16.7 Å². The molecule has 1 saturated heterocycles. The van der Waals surface area contributed by atoms with Gasteiger partial charge in [0.05, 0.1) is 10.7 Å². The average Bonchev–Trinajstić information content (AvgIpc) is 2.95. The van der Waals surface area contributed by atoms with Gasteiger partial charge < -0.3 is 25.3 Å². The van der Waals surface area contributed by atoms with Gasteiger partial charge in [-0.1, -0.05) is 90.5 Å². The molecule has 37 heavy (non-hydrogen) atoms. The number of benzene rings is 3. The van der Waals surface area contributed by atoms with Gasteiger partial charge in [-0.2, -0.15) is 0 Å². The molecule has 1 heterocycles. The highest BCUT2D eigenvalue weighted by Crippen LogP contribution is 2.26. The molecule has 3 N–H and O–H groups in total. The van der Waals surface area contributed by atoms with Gasteiger partial charge in [0.25, 0.3) is 11.8 Å². The van der Waals surface area contributed by atoms with Crippen LogP contribution in [0.25, 0.3) is 12.2 Å². The molecule has 4 rings (SSSR count). The van der Waals surface area contributed by atoms with Crippen molar-refractivity contribution < 1.29 is 19.8 Å². The topological polar surface area (TPSA) is 93.1 Å². The predicted molar refractivity (Wildman–Crippen MR) is 146 cm³/mol. The number of halogens is 1. The fourth-order valence-electron chi connectivity index (χ4n) is 4.14. The molecule has 0 radical (unpaired) electrons. The molecule has 1 aliphatic rings. The Morgan fingerprint density at radius 1 is 0.811 bits per heavy atom. The lowest BCUT2D eigenvalue weighted by molar-refractivity contribution is -0.153. The van der Waals surface area contributed by atoms with Gasteiger partial charge in [-0.05, 0) is 28.8 Å². The molecule has 0 aromatic heterocycles. The third-order valence-electron chi connectivity index (χ3n) is 6.32. The van der Waals surface area contributed by atoms with Crippen LogP contribution in [-0.4, -0.2) is 65.3 Å². The van der Waals surface area contributed by atoms with Crippen LogP contribution in [-0.2, 0) is 16.1 Å². The summed E-state index contributed by atoms with van der Waals surface area (Å²) < 4.78 is 0. The van der Waals surface area contributed by atoms with Crippen LogP contribution in [0.3, 0.4) is 0 Å². The SMILES string of the molecule is O=C(NCc1ccc(/C=C/c2ccccc2)cc1)[C@H](O)[C@@H](O)C(=O)N1CCN(c2ccccc2Cl)CC1. The molecule has 3 aromatic rings. The van der Waals surface area contributed by atoms with Crippen LogP contribution in [0.2, 0.25) is 5.02 Å². The van der Waals surface area contributed by atoms with E-state index in [0.717, 1.165) is 22.4 Å². The Bertz CT molecular complexity index is 1230. The molecule has 1 fully saturated rings. The number of anilines is 1. The van der Waals surface area contributed by atoms with Crippen molar-refractivity contribution in [2.75, 3.05) is 31.1 Å². The van der Waals surface area contributed by atoms with E-state index in [4.69, 9.17) is 11.6 Å². The third-order valence-corrected chi connectivity index (χ3v) is 6.64. The first-order chi connectivity index (χ1) is 17.9. The van der Waals surface area contributed by atoms with Crippen LogP contribution in [0.15, 0.2) is 78.9 Å². The van der Waals surface area contributed by atoms with Crippen molar-refractivity contribution in [3.8, 4) is 0 Å². The summed E-state index contributed by atoms with van der Waals surface area (Å²) in [7, 11) is 0. The number of hydrogen-bond donors (Lipinski definition) is 3. The second-order valence-electron chi connectivity index (χ2n) is 8.86. The van der Waals surface area contributed by atoms with Gasteiger partial charge in [0.1, 0.15) is 0 Å². The van der Waals surface area contributed by atoms with Crippen molar-refractivity contribution in [1.29, 1.82) is 0 Å². The summed E-state index contributed by atoms with van der Waals surface area (Å²) in [5, 5.41) is 23.9. The molecule has 0 spiro atoms. The van der Waals surface area contributed by atoms with E-state index in [1.54, 1.807) is 0 Å². The number of rotatable bonds is 8. The first-order valence-corrected chi connectivity index (χ1v) is 12.5. The summed E-state index contributed by atoms with van der Waals surface area (Å²) in [6, 6.07) is 25.0. The monoisotopic (exact) mass is 519 g/mol. The van der Waals surface area contributed by atoms with E-state index < -0.39 is 24.0 Å². The summed E-state index contributed by atoms with van der Waals surface area (Å²) in [5.41, 5.74) is 3.82. The molecule has 0 bridgehead atoms. The quantitative estimate of drug-likeness (QED) is 0.397. The number of para-hydroxylation sites is 1. The van der Waals surface area contributed by atoms with Gasteiger partial charge in [-0.25, -0.2) is 0 Å². The van der Waals surface area contributed by atoms with Crippen LogP contribution in [0.4, 0.5) is 5.69 Å². The summed E-state index contributed by atoms with van der Waals surface area (Å²) in [6.07, 6.45) is 0.319. The van der Waals surface area contributed by atoms with Gasteiger partial charge in [0.2, 0.25) is 0 Å². The maximum Gasteiger partial charge on any atom is 0.254 e. The minimum atomic E-state index is -1.86. The highest BCUT2D eigenvalue weighted by Gasteiger charge is 2.34. The Labute approximate surface area is 221 Å². The first-order valence-electron chi connectivity index (χ1n) is 12.2. The number of hydrogen-bond acceptors (Lipinski definition) is 5. The molecule has 2 atom stereocenters. The summed E-state index contributed by atoms with van der Waals surface area (Å²) in [4.78, 5) is 28.6. The maximum absolute atomic E-state index is 12.7. The van der Waals surface area contributed by atoms with Crippen molar-refractivity contribution in [3.05, 3.63) is 101 Å². The van der Waals surface area contributed by atoms with Gasteiger partial charge >= 0.3 is 0 Å². The van der Waals surface area contributed by atoms with Gasteiger partial charge in [-0.3, -0.25) is 9.59 Å². The molecule has 0 saturated carbocycles. The van der Waals surface area contributed by atoms with Crippen molar-refractivity contribution >= 4 is 41.3 Å². The molecular weight excluding hydrogens is 490 g/mol. The maximum atomic E-state index is 12.7. The molecule has 3 aromatic carbocycles. The average molecular weight is 520 g/mol. The number of aliphatic hydroxyl groups is 2. The zero-order valence-corrected chi connectivity index (χ0v) is 21.1. The fourth-order valence-corrected chi connectivity index (χ4v) is 4.39. The highest BCUT2D eigenvalue weighted by molar-refractivity contribution is 6.33. The molecular formula is C29H30ClN3O4. The fraction of sp³-hybridized carbons (Fsp3) is 0.241. The Morgan fingerprint density at radius 3 is 2.05 bits per heavy atom. The van der Waals surface area contributed by atoms with Crippen molar-refractivity contribution in [3.63, 3.8) is 0 Å². The normalized spacial score (nSPS) is 15.4. The van der Waals surface area contributed by atoms with E-state index in [9.17, 15) is 19.8 Å². The van der Waals surface area contributed by atoms with E-state index in [1.165, 1.54) is 4.90 Å². The second kappa shape index (κ2) is 12.5. The smallest absolute Gasteiger partial charge is 0.254 e. The summed E-state index contributed by atoms with van der Waals surface area (Å²) in [5.74, 6) is -1.47. The Morgan fingerprint density at radius 2 is 1.41 bits per heavy atom. The van der Waals surface area contributed by atoms with E-state index >= 15 is 0 Å². The zero-order valence-electron chi connectivity index (χ0n) is 20.3. The second-order valence-corrected chi connectivity index (χ2v) is 9.26. The molecule has 0 unspecified atom stereocenters. The van der Waals surface area contributed by atoms with Gasteiger partial charge in [0, 0.05) is 32.7 Å². The van der Waals surface area contributed by atoms with Crippen LogP contribution in [0, 0.1) is 0 Å². The minimum absolute atomic E-state index is 0.163. The van der Waals surface area contributed by atoms with E-state index in [2.05, 4.69) is 10.2 Å². The molecule has 0 aliphatic carbocycles. The highest BCUT2D eigenvalue weighted by atomic mass is 35.5.